The number of amides is 3. The van der Waals surface area contributed by atoms with E-state index in [9.17, 15) is 19.5 Å². The summed E-state index contributed by atoms with van der Waals surface area (Å²) in [6.07, 6.45) is 2.40. The molecule has 0 radical (unpaired) electrons. The highest BCUT2D eigenvalue weighted by molar-refractivity contribution is 6.13. The number of aromatic hydroxyl groups is 1. The number of phenolic OH excluding ortho intramolecular Hbond substituents is 1. The predicted molar refractivity (Wildman–Crippen MR) is 99.7 cm³/mol. The van der Waals surface area contributed by atoms with Gasteiger partial charge < -0.3 is 20.1 Å². The number of phenols is 1. The van der Waals surface area contributed by atoms with Crippen LogP contribution in [0.2, 0.25) is 0 Å². The summed E-state index contributed by atoms with van der Waals surface area (Å²) in [5.41, 5.74) is 1.85. The second-order valence-electron chi connectivity index (χ2n) is 6.17. The van der Waals surface area contributed by atoms with E-state index in [1.54, 1.807) is 32.4 Å². The number of methoxy groups -OCH3 is 1. The molecule has 1 aliphatic rings. The highest BCUT2D eigenvalue weighted by atomic mass is 16.5. The van der Waals surface area contributed by atoms with Crippen LogP contribution in [-0.4, -0.2) is 59.9 Å². The summed E-state index contributed by atoms with van der Waals surface area (Å²) < 4.78 is 5.07. The maximum absolute atomic E-state index is 12.2. The van der Waals surface area contributed by atoms with Gasteiger partial charge in [0.25, 0.3) is 11.8 Å². The number of nitrogens with one attached hydrogen (secondary N) is 1. The zero-order valence-corrected chi connectivity index (χ0v) is 15.4. The molecule has 0 bridgehead atoms. The van der Waals surface area contributed by atoms with E-state index >= 15 is 0 Å². The summed E-state index contributed by atoms with van der Waals surface area (Å²) in [7, 11) is 3.18. The molecule has 0 atom stereocenters. The minimum atomic E-state index is -0.409. The van der Waals surface area contributed by atoms with Crippen LogP contribution in [0.3, 0.4) is 0 Å². The fraction of sp³-hybridized carbons (Fsp3) is 0.316. The SMILES string of the molecule is C=C(CN(C)C(=O)CCN1C(=O)C=CC1=O)Nc1cc(COC)ccc1O. The second-order valence-corrected chi connectivity index (χ2v) is 6.17. The van der Waals surface area contributed by atoms with Gasteiger partial charge in [-0.2, -0.15) is 0 Å². The third-order valence-corrected chi connectivity index (χ3v) is 3.99. The van der Waals surface area contributed by atoms with Crippen molar-refractivity contribution in [2.45, 2.75) is 13.0 Å². The normalized spacial score (nSPS) is 13.2. The van der Waals surface area contributed by atoms with Gasteiger partial charge in [0, 0.05) is 45.0 Å². The average Bonchev–Trinajstić information content (AvgIpc) is 2.94. The molecule has 0 unspecified atom stereocenters. The number of anilines is 1. The molecule has 8 heteroatoms. The Hall–Kier alpha value is -3.13. The van der Waals surface area contributed by atoms with Crippen molar-refractivity contribution in [1.29, 1.82) is 0 Å². The van der Waals surface area contributed by atoms with Gasteiger partial charge in [0.1, 0.15) is 5.75 Å². The molecule has 1 heterocycles. The lowest BCUT2D eigenvalue weighted by atomic mass is 10.2. The lowest BCUT2D eigenvalue weighted by molar-refractivity contribution is -0.137. The molecule has 1 aromatic carbocycles. The molecule has 2 N–H and O–H groups in total. The monoisotopic (exact) mass is 373 g/mol. The number of carbonyl (C=O) groups is 3. The zero-order chi connectivity index (χ0) is 20.0. The van der Waals surface area contributed by atoms with Crippen LogP contribution in [0.4, 0.5) is 5.69 Å². The molecular formula is C19H23N3O5. The van der Waals surface area contributed by atoms with Crippen molar-refractivity contribution >= 4 is 23.4 Å². The molecule has 0 aromatic heterocycles. The Morgan fingerprint density at radius 3 is 2.59 bits per heavy atom. The highest BCUT2D eigenvalue weighted by Crippen LogP contribution is 2.25. The summed E-state index contributed by atoms with van der Waals surface area (Å²) in [4.78, 5) is 37.7. The fourth-order valence-electron chi connectivity index (χ4n) is 2.59. The van der Waals surface area contributed by atoms with Gasteiger partial charge >= 0.3 is 0 Å². The number of benzene rings is 1. The highest BCUT2D eigenvalue weighted by Gasteiger charge is 2.24. The van der Waals surface area contributed by atoms with E-state index in [1.165, 1.54) is 17.1 Å². The standard InChI is InChI=1S/C19H23N3O5/c1-13(20-15-10-14(12-27-3)4-5-16(15)23)11-21(2)17(24)8-9-22-18(25)6-7-19(22)26/h4-7,10,20,23H,1,8-9,11-12H2,2-3H3. The molecule has 0 saturated heterocycles. The molecule has 1 aliphatic heterocycles. The van der Waals surface area contributed by atoms with Crippen LogP contribution in [0.15, 0.2) is 42.6 Å². The van der Waals surface area contributed by atoms with E-state index in [2.05, 4.69) is 11.9 Å². The first-order valence-corrected chi connectivity index (χ1v) is 8.35. The average molecular weight is 373 g/mol. The molecule has 0 aliphatic carbocycles. The van der Waals surface area contributed by atoms with Crippen molar-refractivity contribution < 1.29 is 24.2 Å². The minimum Gasteiger partial charge on any atom is -0.506 e. The van der Waals surface area contributed by atoms with Gasteiger partial charge in [-0.15, -0.1) is 0 Å². The Kier molecular flexibility index (Phi) is 6.73. The van der Waals surface area contributed by atoms with E-state index in [0.29, 0.717) is 18.0 Å². The summed E-state index contributed by atoms with van der Waals surface area (Å²) in [6, 6.07) is 5.04. The van der Waals surface area contributed by atoms with Crippen LogP contribution in [0, 0.1) is 0 Å². The van der Waals surface area contributed by atoms with Crippen LogP contribution in [0.5, 0.6) is 5.75 Å². The minimum absolute atomic E-state index is 0.0253. The van der Waals surface area contributed by atoms with E-state index < -0.39 is 11.8 Å². The molecule has 8 nitrogen and oxygen atoms in total. The Morgan fingerprint density at radius 2 is 1.96 bits per heavy atom. The third-order valence-electron chi connectivity index (χ3n) is 3.99. The van der Waals surface area contributed by atoms with Crippen LogP contribution in [-0.2, 0) is 25.7 Å². The van der Waals surface area contributed by atoms with Gasteiger partial charge in [-0.1, -0.05) is 12.6 Å². The number of carbonyl (C=O) groups excluding carboxylic acids is 3. The Labute approximate surface area is 157 Å². The summed E-state index contributed by atoms with van der Waals surface area (Å²) in [6.45, 7) is 4.52. The molecule has 27 heavy (non-hydrogen) atoms. The zero-order valence-electron chi connectivity index (χ0n) is 15.4. The molecule has 2 rings (SSSR count). The smallest absolute Gasteiger partial charge is 0.253 e. The number of ether oxygens (including phenoxy) is 1. The van der Waals surface area contributed by atoms with E-state index in [-0.39, 0.29) is 31.2 Å². The maximum Gasteiger partial charge on any atom is 0.253 e. The topological polar surface area (TPSA) is 99.2 Å². The summed E-state index contributed by atoms with van der Waals surface area (Å²) in [5, 5.41) is 12.9. The predicted octanol–water partition coefficient (Wildman–Crippen LogP) is 1.24. The first-order chi connectivity index (χ1) is 12.8. The van der Waals surface area contributed by atoms with Crippen molar-refractivity contribution in [2.24, 2.45) is 0 Å². The van der Waals surface area contributed by atoms with E-state index in [1.807, 2.05) is 0 Å². The molecule has 0 saturated carbocycles. The van der Waals surface area contributed by atoms with Gasteiger partial charge in [-0.05, 0) is 17.7 Å². The molecule has 3 amide bonds. The number of imide groups is 1. The maximum atomic E-state index is 12.2. The van der Waals surface area contributed by atoms with Crippen molar-refractivity contribution in [3.8, 4) is 5.75 Å². The van der Waals surface area contributed by atoms with Crippen molar-refractivity contribution in [3.63, 3.8) is 0 Å². The quantitative estimate of drug-likeness (QED) is 0.499. The number of hydrogen-bond acceptors (Lipinski definition) is 6. The van der Waals surface area contributed by atoms with Gasteiger partial charge in [0.05, 0.1) is 18.8 Å². The van der Waals surface area contributed by atoms with E-state index in [4.69, 9.17) is 4.74 Å². The van der Waals surface area contributed by atoms with Crippen LogP contribution >= 0.6 is 0 Å². The van der Waals surface area contributed by atoms with Gasteiger partial charge in [-0.25, -0.2) is 0 Å². The van der Waals surface area contributed by atoms with Crippen LogP contribution in [0.1, 0.15) is 12.0 Å². The Bertz CT molecular complexity index is 770. The molecular weight excluding hydrogens is 350 g/mol. The second kappa shape index (κ2) is 9.00. The summed E-state index contributed by atoms with van der Waals surface area (Å²) in [5.74, 6) is -0.993. The lowest BCUT2D eigenvalue weighted by Crippen LogP contribution is -2.36. The number of nitrogens with zero attached hydrogens (tertiary/aromatic N) is 2. The first-order valence-electron chi connectivity index (χ1n) is 8.35. The Balaban J connectivity index is 1.86. The van der Waals surface area contributed by atoms with E-state index in [0.717, 1.165) is 10.5 Å². The first kappa shape index (κ1) is 20.2. The van der Waals surface area contributed by atoms with Crippen molar-refractivity contribution in [3.05, 3.63) is 48.2 Å². The molecule has 1 aromatic rings. The molecule has 0 spiro atoms. The van der Waals surface area contributed by atoms with Crippen molar-refractivity contribution in [1.82, 2.24) is 9.80 Å². The molecule has 144 valence electrons. The fourth-order valence-corrected chi connectivity index (χ4v) is 2.59. The Morgan fingerprint density at radius 1 is 1.30 bits per heavy atom. The van der Waals surface area contributed by atoms with Crippen LogP contribution in [0.25, 0.3) is 0 Å². The third kappa shape index (κ3) is 5.42. The van der Waals surface area contributed by atoms with Gasteiger partial charge in [0.15, 0.2) is 0 Å². The van der Waals surface area contributed by atoms with Crippen LogP contribution < -0.4 is 5.32 Å². The number of hydrogen-bond donors (Lipinski definition) is 2. The largest absolute Gasteiger partial charge is 0.506 e. The van der Waals surface area contributed by atoms with Crippen molar-refractivity contribution in [2.75, 3.05) is 32.6 Å². The number of rotatable bonds is 9. The summed E-state index contributed by atoms with van der Waals surface area (Å²) >= 11 is 0. The van der Waals surface area contributed by atoms with Gasteiger partial charge in [-0.3, -0.25) is 19.3 Å². The number of likely N-dealkylation sites (N-methyl/N-ethyl adjacent to an activating group) is 1. The molecule has 0 fully saturated rings. The lowest BCUT2D eigenvalue weighted by Gasteiger charge is -2.21. The van der Waals surface area contributed by atoms with Gasteiger partial charge in [0.2, 0.25) is 5.91 Å².